The summed E-state index contributed by atoms with van der Waals surface area (Å²) in [6.07, 6.45) is 8.39. The predicted octanol–water partition coefficient (Wildman–Crippen LogP) is 4.00. The Balaban J connectivity index is 1.41. The Morgan fingerprint density at radius 2 is 1.20 bits per heavy atom. The summed E-state index contributed by atoms with van der Waals surface area (Å²) in [5.41, 5.74) is 2.81. The lowest BCUT2D eigenvalue weighted by Gasteiger charge is -2.38. The Kier molecular flexibility index (Phi) is 8.40. The summed E-state index contributed by atoms with van der Waals surface area (Å²) >= 11 is 0. The van der Waals surface area contributed by atoms with E-state index in [1.165, 1.54) is 12.2 Å². The van der Waals surface area contributed by atoms with Crippen molar-refractivity contribution in [1.82, 2.24) is 9.88 Å². The molecule has 3 aromatic rings. The van der Waals surface area contributed by atoms with Gasteiger partial charge in [-0.3, -0.25) is 4.98 Å². The summed E-state index contributed by atoms with van der Waals surface area (Å²) in [6, 6.07) is 22.8. The third-order valence-electron chi connectivity index (χ3n) is 5.50. The number of ether oxygens (including phenoxy) is 2. The average Bonchev–Trinajstić information content (AvgIpc) is 2.92. The summed E-state index contributed by atoms with van der Waals surface area (Å²) in [4.78, 5) is 33.2. The molecule has 7 nitrogen and oxygen atoms in total. The lowest BCUT2D eigenvalue weighted by molar-refractivity contribution is -0.216. The SMILES string of the molecule is O=C(C=Cc1ccccc1)OC(OC(=O)C=Cc1ccccc1)N1CCN(c2ccncc2)CC1. The summed E-state index contributed by atoms with van der Waals surface area (Å²) < 4.78 is 11.1. The highest BCUT2D eigenvalue weighted by molar-refractivity contribution is 5.88. The second kappa shape index (κ2) is 12.3. The van der Waals surface area contributed by atoms with E-state index >= 15 is 0 Å². The van der Waals surface area contributed by atoms with Crippen molar-refractivity contribution < 1.29 is 19.1 Å². The normalized spacial score (nSPS) is 15.3. The van der Waals surface area contributed by atoms with E-state index in [4.69, 9.17) is 9.47 Å². The summed E-state index contributed by atoms with van der Waals surface area (Å²) in [5.74, 6) is -1.18. The molecule has 0 aliphatic carbocycles. The van der Waals surface area contributed by atoms with E-state index in [0.717, 1.165) is 16.8 Å². The molecule has 0 bridgehead atoms. The van der Waals surface area contributed by atoms with Gasteiger partial charge in [-0.05, 0) is 35.4 Å². The molecule has 4 rings (SSSR count). The van der Waals surface area contributed by atoms with Gasteiger partial charge in [0.15, 0.2) is 0 Å². The molecule has 0 N–H and O–H groups in total. The zero-order chi connectivity index (χ0) is 24.3. The highest BCUT2D eigenvalue weighted by Crippen LogP contribution is 2.17. The Morgan fingerprint density at radius 1 is 0.714 bits per heavy atom. The number of aromatic nitrogens is 1. The number of benzene rings is 2. The molecule has 1 aliphatic heterocycles. The molecule has 0 amide bonds. The van der Waals surface area contributed by atoms with Gasteiger partial charge in [0, 0.05) is 56.4 Å². The first-order chi connectivity index (χ1) is 17.2. The van der Waals surface area contributed by atoms with Gasteiger partial charge in [0.1, 0.15) is 0 Å². The van der Waals surface area contributed by atoms with Crippen molar-refractivity contribution in [2.24, 2.45) is 0 Å². The smallest absolute Gasteiger partial charge is 0.334 e. The standard InChI is InChI=1S/C28H27N3O4/c32-26(13-11-23-7-3-1-4-8-23)34-28(35-27(33)14-12-24-9-5-2-6-10-24)31-21-19-30(20-22-31)25-15-17-29-18-16-25/h1-18,28H,19-22H2. The molecule has 7 heteroatoms. The first-order valence-corrected chi connectivity index (χ1v) is 11.4. The van der Waals surface area contributed by atoms with E-state index in [0.29, 0.717) is 26.2 Å². The number of rotatable bonds is 8. The number of pyridine rings is 1. The minimum absolute atomic E-state index is 0.554. The van der Waals surface area contributed by atoms with E-state index in [2.05, 4.69) is 9.88 Å². The summed E-state index contributed by atoms with van der Waals surface area (Å²) in [5, 5.41) is 0. The minimum Gasteiger partial charge on any atom is -0.408 e. The largest absolute Gasteiger partial charge is 0.408 e. The van der Waals surface area contributed by atoms with Crippen molar-refractivity contribution >= 4 is 29.8 Å². The van der Waals surface area contributed by atoms with Gasteiger partial charge in [0.2, 0.25) is 0 Å². The van der Waals surface area contributed by atoms with Crippen LogP contribution in [0.25, 0.3) is 12.2 Å². The maximum absolute atomic E-state index is 12.6. The van der Waals surface area contributed by atoms with Crippen LogP contribution in [0.1, 0.15) is 11.1 Å². The van der Waals surface area contributed by atoms with E-state index in [-0.39, 0.29) is 0 Å². The number of piperazine rings is 1. The number of hydrogen-bond acceptors (Lipinski definition) is 7. The molecule has 2 aromatic carbocycles. The van der Waals surface area contributed by atoms with Crippen LogP contribution in [0.3, 0.4) is 0 Å². The molecule has 0 atom stereocenters. The molecule has 1 fully saturated rings. The number of nitrogens with zero attached hydrogens (tertiary/aromatic N) is 3. The van der Waals surface area contributed by atoms with Crippen LogP contribution >= 0.6 is 0 Å². The zero-order valence-corrected chi connectivity index (χ0v) is 19.3. The van der Waals surface area contributed by atoms with Crippen LogP contribution in [-0.2, 0) is 19.1 Å². The van der Waals surface area contributed by atoms with Crippen LogP contribution in [0, 0.1) is 0 Å². The van der Waals surface area contributed by atoms with Gasteiger partial charge in [0.25, 0.3) is 0 Å². The fourth-order valence-electron chi connectivity index (χ4n) is 3.65. The topological polar surface area (TPSA) is 72.0 Å². The van der Waals surface area contributed by atoms with E-state index in [1.54, 1.807) is 24.5 Å². The molecule has 178 valence electrons. The number of carbonyl (C=O) groups excluding carboxylic acids is 2. The average molecular weight is 470 g/mol. The molecule has 1 saturated heterocycles. The monoisotopic (exact) mass is 469 g/mol. The van der Waals surface area contributed by atoms with Crippen molar-refractivity contribution in [2.45, 2.75) is 6.41 Å². The predicted molar refractivity (Wildman–Crippen MR) is 135 cm³/mol. The zero-order valence-electron chi connectivity index (χ0n) is 19.3. The number of anilines is 1. The quantitative estimate of drug-likeness (QED) is 0.281. The van der Waals surface area contributed by atoms with Gasteiger partial charge in [-0.1, -0.05) is 60.7 Å². The van der Waals surface area contributed by atoms with Crippen molar-refractivity contribution in [3.8, 4) is 0 Å². The van der Waals surface area contributed by atoms with Crippen LogP contribution < -0.4 is 4.90 Å². The molecule has 35 heavy (non-hydrogen) atoms. The molecular formula is C28H27N3O4. The van der Waals surface area contributed by atoms with Crippen molar-refractivity contribution in [3.05, 3.63) is 108 Å². The van der Waals surface area contributed by atoms with E-state index in [9.17, 15) is 9.59 Å². The number of carbonyl (C=O) groups is 2. The molecule has 1 aliphatic rings. The van der Waals surface area contributed by atoms with Crippen LogP contribution in [0.2, 0.25) is 0 Å². The minimum atomic E-state index is -1.13. The maximum Gasteiger partial charge on any atom is 0.334 e. The van der Waals surface area contributed by atoms with Gasteiger partial charge in [0.05, 0.1) is 0 Å². The van der Waals surface area contributed by atoms with Crippen molar-refractivity contribution in [1.29, 1.82) is 0 Å². The highest BCUT2D eigenvalue weighted by atomic mass is 16.7. The number of hydrogen-bond donors (Lipinski definition) is 0. The second-order valence-electron chi connectivity index (χ2n) is 7.90. The van der Waals surface area contributed by atoms with E-state index < -0.39 is 18.4 Å². The Hall–Kier alpha value is -4.23. The fourth-order valence-corrected chi connectivity index (χ4v) is 3.65. The van der Waals surface area contributed by atoms with Crippen LogP contribution in [-0.4, -0.2) is 54.4 Å². The Labute approximate surface area is 204 Å². The number of esters is 2. The lowest BCUT2D eigenvalue weighted by Crippen LogP contribution is -2.52. The van der Waals surface area contributed by atoms with Crippen LogP contribution in [0.5, 0.6) is 0 Å². The second-order valence-corrected chi connectivity index (χ2v) is 7.90. The van der Waals surface area contributed by atoms with Gasteiger partial charge < -0.3 is 14.4 Å². The molecule has 0 unspecified atom stereocenters. The van der Waals surface area contributed by atoms with Gasteiger partial charge >= 0.3 is 18.4 Å². The van der Waals surface area contributed by atoms with Gasteiger partial charge in [-0.2, -0.15) is 0 Å². The summed E-state index contributed by atoms with van der Waals surface area (Å²) in [6.45, 7) is 2.49. The van der Waals surface area contributed by atoms with Crippen LogP contribution in [0.4, 0.5) is 5.69 Å². The highest BCUT2D eigenvalue weighted by Gasteiger charge is 2.29. The summed E-state index contributed by atoms with van der Waals surface area (Å²) in [7, 11) is 0. The van der Waals surface area contributed by atoms with Crippen molar-refractivity contribution in [2.75, 3.05) is 31.1 Å². The molecule has 1 aromatic heterocycles. The van der Waals surface area contributed by atoms with E-state index in [1.807, 2.05) is 77.7 Å². The lowest BCUT2D eigenvalue weighted by atomic mass is 10.2. The first kappa shape index (κ1) is 23.9. The Bertz CT molecular complexity index is 1080. The molecule has 0 spiro atoms. The fraction of sp³-hybridized carbons (Fsp3) is 0.179. The third-order valence-corrected chi connectivity index (χ3v) is 5.50. The van der Waals surface area contributed by atoms with Gasteiger partial charge in [-0.15, -0.1) is 0 Å². The Morgan fingerprint density at radius 3 is 1.69 bits per heavy atom. The first-order valence-electron chi connectivity index (χ1n) is 11.4. The van der Waals surface area contributed by atoms with Crippen LogP contribution in [0.15, 0.2) is 97.3 Å². The maximum atomic E-state index is 12.6. The molecule has 0 saturated carbocycles. The molecular weight excluding hydrogens is 442 g/mol. The molecule has 0 radical (unpaired) electrons. The molecule has 2 heterocycles. The van der Waals surface area contributed by atoms with Gasteiger partial charge in [-0.25, -0.2) is 14.5 Å². The van der Waals surface area contributed by atoms with Crippen molar-refractivity contribution in [3.63, 3.8) is 0 Å². The third kappa shape index (κ3) is 7.38.